The third kappa shape index (κ3) is 2.88. The minimum atomic E-state index is -0.282. The van der Waals surface area contributed by atoms with Gasteiger partial charge in [-0.3, -0.25) is 0 Å². The number of rotatable bonds is 3. The Balaban J connectivity index is 2.13. The largest absolute Gasteiger partial charge is 0.375 e. The molecule has 1 aromatic carbocycles. The van der Waals surface area contributed by atoms with E-state index in [9.17, 15) is 4.39 Å². The predicted molar refractivity (Wildman–Crippen MR) is 84.7 cm³/mol. The van der Waals surface area contributed by atoms with Crippen LogP contribution in [0.2, 0.25) is 0 Å². The summed E-state index contributed by atoms with van der Waals surface area (Å²) in [5, 5.41) is 1.14. The number of hydrogen-bond donors (Lipinski definition) is 1. The van der Waals surface area contributed by atoms with Crippen molar-refractivity contribution in [3.63, 3.8) is 0 Å². The monoisotopic (exact) mass is 318 g/mol. The molecule has 4 nitrogen and oxygen atoms in total. The van der Waals surface area contributed by atoms with Gasteiger partial charge in [-0.15, -0.1) is 0 Å². The first-order valence-corrected chi connectivity index (χ1v) is 8.11. The van der Waals surface area contributed by atoms with Crippen LogP contribution in [-0.2, 0) is 0 Å². The summed E-state index contributed by atoms with van der Waals surface area (Å²) < 4.78 is 13.1. The Kier molecular flexibility index (Phi) is 3.85. The minimum Gasteiger partial charge on any atom is -0.375 e. The maximum atomic E-state index is 13.1. The van der Waals surface area contributed by atoms with Gasteiger partial charge in [0.15, 0.2) is 10.3 Å². The molecule has 106 valence electrons. The summed E-state index contributed by atoms with van der Waals surface area (Å²) in [5.41, 5.74) is 8.13. The van der Waals surface area contributed by atoms with E-state index in [0.29, 0.717) is 16.0 Å². The second kappa shape index (κ2) is 5.79. The first kappa shape index (κ1) is 14.0. The summed E-state index contributed by atoms with van der Waals surface area (Å²) in [7, 11) is 0. The highest BCUT2D eigenvalue weighted by atomic mass is 32.2. The first-order valence-electron chi connectivity index (χ1n) is 6.07. The van der Waals surface area contributed by atoms with Crippen LogP contribution >= 0.6 is 23.1 Å². The number of hydrogen-bond acceptors (Lipinski definition) is 6. The van der Waals surface area contributed by atoms with Crippen molar-refractivity contribution in [2.75, 3.05) is 12.0 Å². The third-order valence-corrected chi connectivity index (χ3v) is 4.28. The summed E-state index contributed by atoms with van der Waals surface area (Å²) in [4.78, 5) is 13.8. The Bertz CT molecular complexity index is 771. The van der Waals surface area contributed by atoms with Gasteiger partial charge < -0.3 is 5.73 Å². The summed E-state index contributed by atoms with van der Waals surface area (Å²) in [6.07, 6.45) is 3.62. The van der Waals surface area contributed by atoms with E-state index in [1.807, 2.05) is 12.3 Å². The molecule has 0 saturated heterocycles. The van der Waals surface area contributed by atoms with Crippen LogP contribution in [0.5, 0.6) is 0 Å². The molecule has 0 unspecified atom stereocenters. The van der Waals surface area contributed by atoms with Crippen LogP contribution in [0.15, 0.2) is 41.7 Å². The van der Waals surface area contributed by atoms with Crippen molar-refractivity contribution in [2.45, 2.75) is 5.16 Å². The van der Waals surface area contributed by atoms with Gasteiger partial charge >= 0.3 is 0 Å². The van der Waals surface area contributed by atoms with Crippen LogP contribution in [-0.4, -0.2) is 21.2 Å². The topological polar surface area (TPSA) is 64.7 Å². The van der Waals surface area contributed by atoms with E-state index in [1.54, 1.807) is 18.3 Å². The van der Waals surface area contributed by atoms with Crippen molar-refractivity contribution in [1.29, 1.82) is 0 Å². The predicted octanol–water partition coefficient (Wildman–Crippen LogP) is 3.71. The fourth-order valence-corrected chi connectivity index (χ4v) is 3.06. The lowest BCUT2D eigenvalue weighted by atomic mass is 10.1. The Hall–Kier alpha value is -1.99. The van der Waals surface area contributed by atoms with Crippen molar-refractivity contribution in [3.8, 4) is 21.8 Å². The van der Waals surface area contributed by atoms with E-state index in [1.165, 1.54) is 35.2 Å². The molecular formula is C14H11FN4S2. The zero-order valence-electron chi connectivity index (χ0n) is 11.1. The zero-order valence-corrected chi connectivity index (χ0v) is 12.7. The van der Waals surface area contributed by atoms with E-state index in [4.69, 9.17) is 5.73 Å². The Morgan fingerprint density at radius 2 is 1.90 bits per heavy atom. The molecular weight excluding hydrogens is 307 g/mol. The number of thiazole rings is 1. The average molecular weight is 318 g/mol. The van der Waals surface area contributed by atoms with Gasteiger partial charge in [-0.25, -0.2) is 19.3 Å². The maximum absolute atomic E-state index is 13.1. The first-order chi connectivity index (χ1) is 10.2. The van der Waals surface area contributed by atoms with Crippen LogP contribution in [0.1, 0.15) is 0 Å². The van der Waals surface area contributed by atoms with Gasteiger partial charge in [0.1, 0.15) is 5.82 Å². The van der Waals surface area contributed by atoms with Crippen LogP contribution in [0.25, 0.3) is 21.8 Å². The molecule has 0 saturated carbocycles. The van der Waals surface area contributed by atoms with E-state index in [2.05, 4.69) is 15.0 Å². The Labute approximate surface area is 129 Å². The zero-order chi connectivity index (χ0) is 14.8. The number of anilines is 1. The smallest absolute Gasteiger partial charge is 0.187 e. The molecule has 2 aromatic heterocycles. The molecule has 7 heteroatoms. The van der Waals surface area contributed by atoms with E-state index in [-0.39, 0.29) is 5.82 Å². The lowest BCUT2D eigenvalue weighted by molar-refractivity contribution is 0.628. The maximum Gasteiger partial charge on any atom is 0.187 e. The van der Waals surface area contributed by atoms with E-state index < -0.39 is 0 Å². The van der Waals surface area contributed by atoms with Gasteiger partial charge in [-0.05, 0) is 36.6 Å². The molecule has 3 rings (SSSR count). The molecule has 0 fully saturated rings. The summed E-state index contributed by atoms with van der Waals surface area (Å²) in [6.45, 7) is 0. The molecule has 3 aromatic rings. The Morgan fingerprint density at radius 1 is 1.14 bits per heavy atom. The standard InChI is InChI=1S/C14H11FN4S2/c1-20-14-17-7-6-10(18-14)12-11(19-13(16)21-12)8-2-4-9(15)5-3-8/h2-7H,1H3,(H2,16,19). The molecule has 2 heterocycles. The number of aromatic nitrogens is 3. The normalized spacial score (nSPS) is 10.8. The van der Waals surface area contributed by atoms with Crippen LogP contribution in [0.4, 0.5) is 9.52 Å². The van der Waals surface area contributed by atoms with Crippen LogP contribution in [0, 0.1) is 5.82 Å². The summed E-state index contributed by atoms with van der Waals surface area (Å²) in [5.74, 6) is -0.282. The van der Waals surface area contributed by atoms with Crippen molar-refractivity contribution < 1.29 is 4.39 Å². The molecule has 0 atom stereocenters. The molecule has 0 bridgehead atoms. The number of thioether (sulfide) groups is 1. The van der Waals surface area contributed by atoms with Crippen molar-refractivity contribution in [1.82, 2.24) is 15.0 Å². The lowest BCUT2D eigenvalue weighted by Crippen LogP contribution is -1.89. The highest BCUT2D eigenvalue weighted by molar-refractivity contribution is 7.98. The molecule has 0 spiro atoms. The fraction of sp³-hybridized carbons (Fsp3) is 0.0714. The minimum absolute atomic E-state index is 0.282. The summed E-state index contributed by atoms with van der Waals surface area (Å²) >= 11 is 2.83. The van der Waals surface area contributed by atoms with Crippen LogP contribution < -0.4 is 5.73 Å². The molecule has 0 amide bonds. The number of halogens is 1. The molecule has 2 N–H and O–H groups in total. The molecule has 0 aliphatic carbocycles. The fourth-order valence-electron chi connectivity index (χ4n) is 1.88. The highest BCUT2D eigenvalue weighted by Crippen LogP contribution is 2.37. The molecule has 0 aliphatic rings. The number of nitrogens with zero attached hydrogens (tertiary/aromatic N) is 3. The van der Waals surface area contributed by atoms with Crippen LogP contribution in [0.3, 0.4) is 0 Å². The summed E-state index contributed by atoms with van der Waals surface area (Å²) in [6, 6.07) is 8.00. The SMILES string of the molecule is CSc1nccc(-c2sc(N)nc2-c2ccc(F)cc2)n1. The Morgan fingerprint density at radius 3 is 2.62 bits per heavy atom. The third-order valence-electron chi connectivity index (χ3n) is 2.81. The second-order valence-corrected chi connectivity index (χ2v) is 5.97. The van der Waals surface area contributed by atoms with Gasteiger partial charge in [-0.1, -0.05) is 23.1 Å². The van der Waals surface area contributed by atoms with Gasteiger partial charge in [0.05, 0.1) is 16.3 Å². The van der Waals surface area contributed by atoms with Gasteiger partial charge in [0.2, 0.25) is 0 Å². The molecule has 21 heavy (non-hydrogen) atoms. The molecule has 0 aliphatic heterocycles. The van der Waals surface area contributed by atoms with E-state index >= 15 is 0 Å². The van der Waals surface area contributed by atoms with Gasteiger partial charge in [0.25, 0.3) is 0 Å². The lowest BCUT2D eigenvalue weighted by Gasteiger charge is -2.03. The van der Waals surface area contributed by atoms with Crippen molar-refractivity contribution in [3.05, 3.63) is 42.3 Å². The van der Waals surface area contributed by atoms with Crippen molar-refractivity contribution >= 4 is 28.2 Å². The number of benzene rings is 1. The van der Waals surface area contributed by atoms with Gasteiger partial charge in [0, 0.05) is 11.8 Å². The molecule has 0 radical (unpaired) electrons. The second-order valence-electron chi connectivity index (χ2n) is 4.17. The average Bonchev–Trinajstić information content (AvgIpc) is 2.90. The number of nitrogen functional groups attached to an aromatic ring is 1. The number of nitrogens with two attached hydrogens (primary N) is 1. The quantitative estimate of drug-likeness (QED) is 0.589. The van der Waals surface area contributed by atoms with E-state index in [0.717, 1.165) is 16.1 Å². The van der Waals surface area contributed by atoms with Gasteiger partial charge in [-0.2, -0.15) is 0 Å². The van der Waals surface area contributed by atoms with Crippen molar-refractivity contribution in [2.24, 2.45) is 0 Å². The highest BCUT2D eigenvalue weighted by Gasteiger charge is 2.15.